The van der Waals surface area contributed by atoms with Gasteiger partial charge in [0.15, 0.2) is 11.5 Å². The largest absolute Gasteiger partial charge is 0.493 e. The van der Waals surface area contributed by atoms with Gasteiger partial charge < -0.3 is 24.6 Å². The summed E-state index contributed by atoms with van der Waals surface area (Å²) in [5, 5.41) is 12.1. The molecule has 1 aromatic heterocycles. The number of carbonyl (C=O) groups is 3. The third-order valence-electron chi connectivity index (χ3n) is 5.61. The van der Waals surface area contributed by atoms with Crippen LogP contribution in [0.5, 0.6) is 11.5 Å². The van der Waals surface area contributed by atoms with Crippen molar-refractivity contribution in [3.63, 3.8) is 0 Å². The lowest BCUT2D eigenvalue weighted by atomic mass is 9.78. The number of aromatic carboxylic acids is 1. The van der Waals surface area contributed by atoms with Gasteiger partial charge in [-0.2, -0.15) is 0 Å². The maximum absolute atomic E-state index is 12.8. The first-order valence-electron chi connectivity index (χ1n) is 10.8. The molecule has 1 amide bonds. The van der Waals surface area contributed by atoms with Crippen molar-refractivity contribution >= 4 is 17.8 Å². The van der Waals surface area contributed by atoms with Crippen LogP contribution in [0.15, 0.2) is 36.5 Å². The summed E-state index contributed by atoms with van der Waals surface area (Å²) in [5.74, 6) is -0.780. The third kappa shape index (κ3) is 6.00. The molecule has 2 N–H and O–H groups in total. The number of ether oxygens (including phenoxy) is 3. The molecule has 9 nitrogen and oxygen atoms in total. The molecule has 0 unspecified atom stereocenters. The second-order valence-electron chi connectivity index (χ2n) is 7.81. The number of benzene rings is 1. The van der Waals surface area contributed by atoms with Crippen molar-refractivity contribution in [1.29, 1.82) is 0 Å². The van der Waals surface area contributed by atoms with Gasteiger partial charge in [-0.15, -0.1) is 0 Å². The van der Waals surface area contributed by atoms with E-state index >= 15 is 0 Å². The van der Waals surface area contributed by atoms with Crippen LogP contribution in [0.3, 0.4) is 0 Å². The zero-order valence-corrected chi connectivity index (χ0v) is 18.9. The lowest BCUT2D eigenvalue weighted by Gasteiger charge is -2.36. The molecule has 3 atom stereocenters. The predicted octanol–water partition coefficient (Wildman–Crippen LogP) is 3.18. The normalized spacial score (nSPS) is 19.9. The van der Waals surface area contributed by atoms with Gasteiger partial charge in [0.25, 0.3) is 5.91 Å². The van der Waals surface area contributed by atoms with E-state index in [0.717, 1.165) is 11.8 Å². The molecule has 0 bridgehead atoms. The Morgan fingerprint density at radius 1 is 1.15 bits per heavy atom. The highest BCUT2D eigenvalue weighted by molar-refractivity contribution is 5.94. The Balaban J connectivity index is 1.85. The molecule has 1 saturated carbocycles. The van der Waals surface area contributed by atoms with E-state index in [1.165, 1.54) is 19.1 Å². The number of carbonyl (C=O) groups excluding carboxylic acids is 2. The third-order valence-corrected chi connectivity index (χ3v) is 5.61. The van der Waals surface area contributed by atoms with Crippen LogP contribution in [0.1, 0.15) is 65.4 Å². The highest BCUT2D eigenvalue weighted by Crippen LogP contribution is 2.38. The number of methoxy groups -OCH3 is 1. The van der Waals surface area contributed by atoms with Crippen LogP contribution in [-0.4, -0.2) is 53.8 Å². The van der Waals surface area contributed by atoms with Gasteiger partial charge in [-0.3, -0.25) is 14.6 Å². The van der Waals surface area contributed by atoms with Gasteiger partial charge in [-0.25, -0.2) is 4.79 Å². The zero-order valence-electron chi connectivity index (χ0n) is 18.9. The Morgan fingerprint density at radius 2 is 1.94 bits per heavy atom. The molecule has 176 valence electrons. The molecule has 0 spiro atoms. The van der Waals surface area contributed by atoms with Gasteiger partial charge in [0.1, 0.15) is 11.8 Å². The average Bonchev–Trinajstić information content (AvgIpc) is 2.80. The summed E-state index contributed by atoms with van der Waals surface area (Å²) < 4.78 is 16.6. The zero-order chi connectivity index (χ0) is 24.0. The van der Waals surface area contributed by atoms with Crippen LogP contribution >= 0.6 is 0 Å². The van der Waals surface area contributed by atoms with Gasteiger partial charge in [0, 0.05) is 25.1 Å². The van der Waals surface area contributed by atoms with Crippen LogP contribution in [0.4, 0.5) is 0 Å². The van der Waals surface area contributed by atoms with E-state index in [-0.39, 0.29) is 35.3 Å². The van der Waals surface area contributed by atoms with Crippen molar-refractivity contribution in [1.82, 2.24) is 10.3 Å². The number of nitrogens with one attached hydrogen (secondary N) is 1. The average molecular weight is 456 g/mol. The number of amides is 1. The first-order chi connectivity index (χ1) is 15.8. The molecule has 1 heterocycles. The smallest absolute Gasteiger partial charge is 0.337 e. The van der Waals surface area contributed by atoms with E-state index in [1.54, 1.807) is 7.11 Å². The minimum Gasteiger partial charge on any atom is -0.493 e. The molecule has 1 aliphatic carbocycles. The number of carboxylic acid groups (broad SMARTS) is 1. The number of carboxylic acids is 1. The summed E-state index contributed by atoms with van der Waals surface area (Å²) >= 11 is 0. The minimum atomic E-state index is -1.11. The number of hydrogen-bond donors (Lipinski definition) is 2. The SMILES string of the molecule is CCOc1cc([C@H]2C[C@H](OC(C)=O)CC[C@H]2NC(=O)c2ccc(C(=O)O)cn2)ccc1OC. The fourth-order valence-corrected chi connectivity index (χ4v) is 4.10. The molecule has 1 aliphatic rings. The summed E-state index contributed by atoms with van der Waals surface area (Å²) in [6.07, 6.45) is 2.64. The molecule has 1 aromatic carbocycles. The molecule has 2 aromatic rings. The fourth-order valence-electron chi connectivity index (χ4n) is 4.10. The molecule has 0 radical (unpaired) electrons. The maximum Gasteiger partial charge on any atom is 0.337 e. The molecular formula is C24H28N2O7. The molecule has 3 rings (SSSR count). The quantitative estimate of drug-likeness (QED) is 0.581. The number of pyridine rings is 1. The van der Waals surface area contributed by atoms with Crippen molar-refractivity contribution in [2.45, 2.75) is 51.2 Å². The summed E-state index contributed by atoms with van der Waals surface area (Å²) in [6, 6.07) is 8.12. The Kier molecular flexibility index (Phi) is 7.87. The van der Waals surface area contributed by atoms with Gasteiger partial charge >= 0.3 is 11.9 Å². The second-order valence-corrected chi connectivity index (χ2v) is 7.81. The topological polar surface area (TPSA) is 124 Å². The fraction of sp³-hybridized carbons (Fsp3) is 0.417. The summed E-state index contributed by atoms with van der Waals surface area (Å²) in [4.78, 5) is 39.4. The van der Waals surface area contributed by atoms with Crippen LogP contribution in [0.2, 0.25) is 0 Å². The summed E-state index contributed by atoms with van der Waals surface area (Å²) in [6.45, 7) is 3.74. The van der Waals surface area contributed by atoms with E-state index in [0.29, 0.717) is 37.4 Å². The standard InChI is InChI=1S/C24H28N2O7/c1-4-32-22-11-15(6-10-21(22)31-3)18-12-17(33-14(2)27)7-9-19(18)26-23(28)20-8-5-16(13-25-20)24(29)30/h5-6,8,10-11,13,17-19H,4,7,9,12H2,1-3H3,(H,26,28)(H,29,30)/t17-,18-,19-/m1/s1. The van der Waals surface area contributed by atoms with E-state index in [9.17, 15) is 14.4 Å². The van der Waals surface area contributed by atoms with Gasteiger partial charge in [0.05, 0.1) is 19.3 Å². The number of rotatable bonds is 8. The van der Waals surface area contributed by atoms with Crippen molar-refractivity contribution < 1.29 is 33.7 Å². The summed E-state index contributed by atoms with van der Waals surface area (Å²) in [5.41, 5.74) is 1.06. The van der Waals surface area contributed by atoms with E-state index in [1.807, 2.05) is 25.1 Å². The number of nitrogens with zero attached hydrogens (tertiary/aromatic N) is 1. The van der Waals surface area contributed by atoms with E-state index in [4.69, 9.17) is 19.3 Å². The molecule has 9 heteroatoms. The first kappa shape index (κ1) is 24.0. The van der Waals surface area contributed by atoms with E-state index < -0.39 is 11.9 Å². The molecule has 33 heavy (non-hydrogen) atoms. The number of hydrogen-bond acceptors (Lipinski definition) is 7. The van der Waals surface area contributed by atoms with Crippen LogP contribution in [-0.2, 0) is 9.53 Å². The molecule has 0 aliphatic heterocycles. The maximum atomic E-state index is 12.8. The molecule has 1 fully saturated rings. The Labute approximate surface area is 192 Å². The predicted molar refractivity (Wildman–Crippen MR) is 119 cm³/mol. The van der Waals surface area contributed by atoms with Gasteiger partial charge in [-0.05, 0) is 56.0 Å². The number of aromatic nitrogens is 1. The van der Waals surface area contributed by atoms with Crippen LogP contribution in [0.25, 0.3) is 0 Å². The van der Waals surface area contributed by atoms with Crippen molar-refractivity contribution in [3.05, 3.63) is 53.3 Å². The monoisotopic (exact) mass is 456 g/mol. The Bertz CT molecular complexity index is 1010. The van der Waals surface area contributed by atoms with Gasteiger partial charge in [-0.1, -0.05) is 6.07 Å². The van der Waals surface area contributed by atoms with Gasteiger partial charge in [0.2, 0.25) is 0 Å². The van der Waals surface area contributed by atoms with Crippen LogP contribution < -0.4 is 14.8 Å². The Morgan fingerprint density at radius 3 is 2.55 bits per heavy atom. The van der Waals surface area contributed by atoms with Crippen LogP contribution in [0, 0.1) is 0 Å². The van der Waals surface area contributed by atoms with Crippen molar-refractivity contribution in [3.8, 4) is 11.5 Å². The summed E-state index contributed by atoms with van der Waals surface area (Å²) in [7, 11) is 1.57. The number of esters is 1. The Hall–Kier alpha value is -3.62. The lowest BCUT2D eigenvalue weighted by Crippen LogP contribution is -2.44. The minimum absolute atomic E-state index is 0.00741. The highest BCUT2D eigenvalue weighted by Gasteiger charge is 2.35. The highest BCUT2D eigenvalue weighted by atomic mass is 16.5. The first-order valence-corrected chi connectivity index (χ1v) is 10.8. The molecule has 0 saturated heterocycles. The van der Waals surface area contributed by atoms with Crippen molar-refractivity contribution in [2.75, 3.05) is 13.7 Å². The molecular weight excluding hydrogens is 428 g/mol. The van der Waals surface area contributed by atoms with Crippen molar-refractivity contribution in [2.24, 2.45) is 0 Å². The second kappa shape index (κ2) is 10.8. The van der Waals surface area contributed by atoms with E-state index in [2.05, 4.69) is 10.3 Å². The lowest BCUT2D eigenvalue weighted by molar-refractivity contribution is -0.148.